The zero-order valence-electron chi connectivity index (χ0n) is 11.6. The Morgan fingerprint density at radius 3 is 2.35 bits per heavy atom. The summed E-state index contributed by atoms with van der Waals surface area (Å²) in [6.45, 7) is 0. The van der Waals surface area contributed by atoms with Gasteiger partial charge in [-0.15, -0.1) is 0 Å². The van der Waals surface area contributed by atoms with Crippen LogP contribution in [0.15, 0.2) is 9.59 Å². The number of nitrogens with one attached hydrogen (secondary N) is 1. The van der Waals surface area contributed by atoms with Gasteiger partial charge < -0.3 is 10.4 Å². The van der Waals surface area contributed by atoms with Crippen LogP contribution in [0.2, 0.25) is 0 Å². The number of aliphatic hydroxyl groups is 1. The molecule has 108 valence electrons. The van der Waals surface area contributed by atoms with Crippen LogP contribution in [0.3, 0.4) is 0 Å². The molecule has 1 fully saturated rings. The summed E-state index contributed by atoms with van der Waals surface area (Å²) < 4.78 is 2.21. The Morgan fingerprint density at radius 2 is 1.80 bits per heavy atom. The van der Waals surface area contributed by atoms with E-state index < -0.39 is 11.2 Å². The Morgan fingerprint density at radius 1 is 1.20 bits per heavy atom. The summed E-state index contributed by atoms with van der Waals surface area (Å²) in [6.07, 6.45) is 2.57. The van der Waals surface area contributed by atoms with Crippen LogP contribution in [-0.2, 0) is 14.1 Å². The molecule has 0 aliphatic heterocycles. The molecule has 0 unspecified atom stereocenters. The van der Waals surface area contributed by atoms with Crippen LogP contribution in [0, 0.1) is 11.3 Å². The third-order valence-electron chi connectivity index (χ3n) is 3.81. The fraction of sp³-hybridized carbons (Fsp3) is 0.615. The molecule has 1 heterocycles. The van der Waals surface area contributed by atoms with Crippen LogP contribution in [0.5, 0.6) is 0 Å². The quantitative estimate of drug-likeness (QED) is 0.771. The number of anilines is 1. The number of hydrogen-bond donors (Lipinski definition) is 2. The zero-order valence-corrected chi connectivity index (χ0v) is 11.6. The Balaban J connectivity index is 2.39. The fourth-order valence-electron chi connectivity index (χ4n) is 2.53. The van der Waals surface area contributed by atoms with Crippen LogP contribution in [-0.4, -0.2) is 26.4 Å². The molecule has 2 N–H and O–H groups in total. The van der Waals surface area contributed by atoms with Gasteiger partial charge in [0.25, 0.3) is 5.56 Å². The summed E-state index contributed by atoms with van der Waals surface area (Å²) >= 11 is 0. The van der Waals surface area contributed by atoms with E-state index >= 15 is 0 Å². The van der Waals surface area contributed by atoms with Gasteiger partial charge in [-0.2, -0.15) is 5.26 Å². The molecule has 1 saturated carbocycles. The number of rotatable bonds is 2. The smallest absolute Gasteiger partial charge is 0.332 e. The maximum Gasteiger partial charge on any atom is 0.332 e. The first-order valence-corrected chi connectivity index (χ1v) is 6.60. The zero-order chi connectivity index (χ0) is 14.9. The van der Waals surface area contributed by atoms with Crippen LogP contribution in [0.25, 0.3) is 0 Å². The van der Waals surface area contributed by atoms with E-state index in [0.717, 1.165) is 17.4 Å². The molecule has 1 aromatic rings. The first-order chi connectivity index (χ1) is 9.45. The summed E-state index contributed by atoms with van der Waals surface area (Å²) in [5.41, 5.74) is -1.11. The van der Waals surface area contributed by atoms with Crippen molar-refractivity contribution in [3.63, 3.8) is 0 Å². The highest BCUT2D eigenvalue weighted by molar-refractivity contribution is 5.51. The van der Waals surface area contributed by atoms with Gasteiger partial charge in [0.05, 0.1) is 6.10 Å². The molecule has 0 spiro atoms. The normalized spacial score (nSPS) is 22.3. The van der Waals surface area contributed by atoms with Crippen molar-refractivity contribution in [2.24, 2.45) is 14.1 Å². The maximum atomic E-state index is 11.9. The highest BCUT2D eigenvalue weighted by atomic mass is 16.3. The molecule has 0 aromatic carbocycles. The molecule has 7 nitrogen and oxygen atoms in total. The van der Waals surface area contributed by atoms with Crippen molar-refractivity contribution < 1.29 is 5.11 Å². The lowest BCUT2D eigenvalue weighted by atomic mass is 9.93. The summed E-state index contributed by atoms with van der Waals surface area (Å²) in [4.78, 5) is 23.8. The molecule has 7 heteroatoms. The van der Waals surface area contributed by atoms with Gasteiger partial charge in [0.15, 0.2) is 5.56 Å². The first kappa shape index (κ1) is 14.3. The molecule has 1 aliphatic rings. The van der Waals surface area contributed by atoms with E-state index in [9.17, 15) is 14.7 Å². The van der Waals surface area contributed by atoms with Gasteiger partial charge in [-0.05, 0) is 25.7 Å². The van der Waals surface area contributed by atoms with E-state index in [0.29, 0.717) is 12.8 Å². The first-order valence-electron chi connectivity index (χ1n) is 6.60. The summed E-state index contributed by atoms with van der Waals surface area (Å²) in [5.74, 6) is 0.266. The van der Waals surface area contributed by atoms with E-state index in [1.807, 2.05) is 6.07 Å². The van der Waals surface area contributed by atoms with Crippen LogP contribution in [0.1, 0.15) is 31.2 Å². The number of nitriles is 1. The largest absolute Gasteiger partial charge is 0.393 e. The van der Waals surface area contributed by atoms with Crippen molar-refractivity contribution in [3.05, 3.63) is 26.4 Å². The predicted molar refractivity (Wildman–Crippen MR) is 73.5 cm³/mol. The van der Waals surface area contributed by atoms with E-state index in [1.54, 1.807) is 0 Å². The second-order valence-corrected chi connectivity index (χ2v) is 5.19. The van der Waals surface area contributed by atoms with Crippen LogP contribution in [0.4, 0.5) is 5.82 Å². The standard InChI is InChI=1S/C13H18N4O3/c1-16-11(15-8-3-5-9(18)6-4-8)10(7-14)12(19)17(2)13(16)20/h8-9,15,18H,3-6H2,1-2H3. The van der Waals surface area contributed by atoms with Gasteiger partial charge in [-0.3, -0.25) is 13.9 Å². The molecule has 20 heavy (non-hydrogen) atoms. The summed E-state index contributed by atoms with van der Waals surface area (Å²) in [6, 6.07) is 1.92. The van der Waals surface area contributed by atoms with Gasteiger partial charge in [-0.1, -0.05) is 0 Å². The van der Waals surface area contributed by atoms with Crippen LogP contribution >= 0.6 is 0 Å². The summed E-state index contributed by atoms with van der Waals surface area (Å²) in [5, 5.41) is 21.8. The minimum atomic E-state index is -0.589. The number of aromatic nitrogens is 2. The average Bonchev–Trinajstić information content (AvgIpc) is 2.45. The Kier molecular flexibility index (Phi) is 3.95. The molecule has 0 bridgehead atoms. The third kappa shape index (κ3) is 2.47. The molecule has 1 aliphatic carbocycles. The van der Waals surface area contributed by atoms with Gasteiger partial charge in [0.1, 0.15) is 11.9 Å². The van der Waals surface area contributed by atoms with Crippen molar-refractivity contribution in [3.8, 4) is 6.07 Å². The number of aliphatic hydroxyl groups excluding tert-OH is 1. The van der Waals surface area contributed by atoms with Gasteiger partial charge in [0, 0.05) is 20.1 Å². The second-order valence-electron chi connectivity index (χ2n) is 5.19. The van der Waals surface area contributed by atoms with Crippen molar-refractivity contribution in [2.45, 2.75) is 37.8 Å². The molecule has 0 radical (unpaired) electrons. The van der Waals surface area contributed by atoms with E-state index in [1.165, 1.54) is 18.7 Å². The minimum Gasteiger partial charge on any atom is -0.393 e. The van der Waals surface area contributed by atoms with Gasteiger partial charge in [-0.25, -0.2) is 4.79 Å². The minimum absolute atomic E-state index is 0.0549. The van der Waals surface area contributed by atoms with Gasteiger partial charge >= 0.3 is 5.69 Å². The molecule has 0 amide bonds. The van der Waals surface area contributed by atoms with Crippen molar-refractivity contribution in [2.75, 3.05) is 5.32 Å². The average molecular weight is 278 g/mol. The third-order valence-corrected chi connectivity index (χ3v) is 3.81. The monoisotopic (exact) mass is 278 g/mol. The number of nitrogens with zero attached hydrogens (tertiary/aromatic N) is 3. The Labute approximate surface area is 116 Å². The molecular weight excluding hydrogens is 260 g/mol. The predicted octanol–water partition coefficient (Wildman–Crippen LogP) is -0.329. The van der Waals surface area contributed by atoms with Crippen molar-refractivity contribution >= 4 is 5.82 Å². The number of hydrogen-bond acceptors (Lipinski definition) is 5. The second kappa shape index (κ2) is 5.51. The molecule has 0 atom stereocenters. The maximum absolute atomic E-state index is 11.9. The van der Waals surface area contributed by atoms with E-state index in [2.05, 4.69) is 5.32 Å². The van der Waals surface area contributed by atoms with Crippen molar-refractivity contribution in [1.29, 1.82) is 5.26 Å². The SMILES string of the molecule is Cn1c(NC2CCC(O)CC2)c(C#N)c(=O)n(C)c1=O. The van der Waals surface area contributed by atoms with Crippen LogP contribution < -0.4 is 16.6 Å². The molecule has 0 saturated heterocycles. The lowest BCUT2D eigenvalue weighted by molar-refractivity contribution is 0.126. The highest BCUT2D eigenvalue weighted by Gasteiger charge is 2.22. The lowest BCUT2D eigenvalue weighted by Gasteiger charge is -2.28. The molecular formula is C13H18N4O3. The van der Waals surface area contributed by atoms with E-state index in [-0.39, 0.29) is 23.5 Å². The Hall–Kier alpha value is -2.07. The topological polar surface area (TPSA) is 100 Å². The lowest BCUT2D eigenvalue weighted by Crippen LogP contribution is -2.41. The Bertz CT molecular complexity index is 660. The molecule has 1 aromatic heterocycles. The fourth-order valence-corrected chi connectivity index (χ4v) is 2.53. The van der Waals surface area contributed by atoms with Gasteiger partial charge in [0.2, 0.25) is 0 Å². The van der Waals surface area contributed by atoms with E-state index in [4.69, 9.17) is 5.26 Å². The molecule has 2 rings (SSSR count). The summed E-state index contributed by atoms with van der Waals surface area (Å²) in [7, 11) is 2.88. The highest BCUT2D eigenvalue weighted by Crippen LogP contribution is 2.22. The van der Waals surface area contributed by atoms with Crippen molar-refractivity contribution in [1.82, 2.24) is 9.13 Å².